The molecule has 29 heavy (non-hydrogen) atoms. The lowest BCUT2D eigenvalue weighted by atomic mass is 10.1. The lowest BCUT2D eigenvalue weighted by Gasteiger charge is -2.20. The summed E-state index contributed by atoms with van der Waals surface area (Å²) in [5.74, 6) is 0.395. The number of hydrogen-bond donors (Lipinski definition) is 4. The monoisotopic (exact) mass is 401 g/mol. The number of amides is 1. The maximum atomic E-state index is 14.0. The molecule has 0 radical (unpaired) electrons. The molecule has 0 bridgehead atoms. The minimum absolute atomic E-state index is 0.0265. The van der Waals surface area contributed by atoms with Crippen LogP contribution in [0.15, 0.2) is 18.2 Å². The number of anilines is 1. The van der Waals surface area contributed by atoms with Crippen LogP contribution in [0.2, 0.25) is 0 Å². The lowest BCUT2D eigenvalue weighted by Crippen LogP contribution is -2.33. The lowest BCUT2D eigenvalue weighted by molar-refractivity contribution is -0.117. The first kappa shape index (κ1) is 22.7. The fourth-order valence-corrected chi connectivity index (χ4v) is 3.10. The number of halogens is 1. The van der Waals surface area contributed by atoms with E-state index in [0.717, 1.165) is 24.8 Å². The van der Waals surface area contributed by atoms with Crippen LogP contribution in [0.25, 0.3) is 10.9 Å². The Bertz CT molecular complexity index is 881. The van der Waals surface area contributed by atoms with Crippen LogP contribution in [-0.2, 0) is 4.79 Å². The van der Waals surface area contributed by atoms with Gasteiger partial charge < -0.3 is 16.0 Å². The standard InChI is InChI=1S/C22H32FN5O/c1-6-17(26-12-13(2)3)7-8-25-22-18(21(24)27-15(5)29)10-16-9-14(4)19(23)11-20(16)28-22/h9-11,13,17,26H,6-8,12H2,1-5H3,(H,25,28)(H2,24,27,29). The van der Waals surface area contributed by atoms with Gasteiger partial charge in [0.15, 0.2) is 0 Å². The Morgan fingerprint density at radius 1 is 1.28 bits per heavy atom. The zero-order valence-corrected chi connectivity index (χ0v) is 17.9. The van der Waals surface area contributed by atoms with Gasteiger partial charge in [-0.1, -0.05) is 20.8 Å². The van der Waals surface area contributed by atoms with Gasteiger partial charge in [-0.15, -0.1) is 0 Å². The van der Waals surface area contributed by atoms with Crippen molar-refractivity contribution in [2.75, 3.05) is 18.4 Å². The highest BCUT2D eigenvalue weighted by Crippen LogP contribution is 2.23. The number of rotatable bonds is 9. The van der Waals surface area contributed by atoms with E-state index < -0.39 is 0 Å². The zero-order valence-electron chi connectivity index (χ0n) is 17.9. The van der Waals surface area contributed by atoms with E-state index in [1.165, 1.54) is 13.0 Å². The van der Waals surface area contributed by atoms with Crippen LogP contribution in [-0.4, -0.2) is 35.9 Å². The third-order valence-electron chi connectivity index (χ3n) is 4.76. The molecule has 1 unspecified atom stereocenters. The van der Waals surface area contributed by atoms with Crippen LogP contribution in [0, 0.1) is 24.1 Å². The zero-order chi connectivity index (χ0) is 21.6. The average Bonchev–Trinajstić information content (AvgIpc) is 2.64. The van der Waals surface area contributed by atoms with Crippen LogP contribution < -0.4 is 16.0 Å². The molecule has 1 aromatic heterocycles. The van der Waals surface area contributed by atoms with Crippen LogP contribution in [0.3, 0.4) is 0 Å². The van der Waals surface area contributed by atoms with Crippen molar-refractivity contribution < 1.29 is 9.18 Å². The molecule has 4 N–H and O–H groups in total. The van der Waals surface area contributed by atoms with Gasteiger partial charge in [-0.25, -0.2) is 9.37 Å². The summed E-state index contributed by atoms with van der Waals surface area (Å²) < 4.78 is 14.0. The third kappa shape index (κ3) is 6.49. The maximum absolute atomic E-state index is 14.0. The van der Waals surface area contributed by atoms with E-state index in [1.807, 2.05) is 0 Å². The number of fused-ring (bicyclic) bond motifs is 1. The number of aromatic nitrogens is 1. The molecule has 0 saturated carbocycles. The highest BCUT2D eigenvalue weighted by molar-refractivity contribution is 6.10. The van der Waals surface area contributed by atoms with Crippen molar-refractivity contribution in [3.05, 3.63) is 35.1 Å². The number of aryl methyl sites for hydroxylation is 1. The Labute approximate surface area is 172 Å². The van der Waals surface area contributed by atoms with Gasteiger partial charge in [0.1, 0.15) is 17.5 Å². The Morgan fingerprint density at radius 2 is 2.00 bits per heavy atom. The quantitative estimate of drug-likeness (QED) is 0.378. The minimum atomic E-state index is -0.319. The van der Waals surface area contributed by atoms with Crippen molar-refractivity contribution >= 4 is 28.5 Å². The highest BCUT2D eigenvalue weighted by Gasteiger charge is 2.15. The predicted octanol–water partition coefficient (Wildman–Crippen LogP) is 3.97. The summed E-state index contributed by atoms with van der Waals surface area (Å²) in [6.07, 6.45) is 1.90. The SMILES string of the molecule is CCC(CCNc1nc2cc(F)c(C)cc2cc1C(=N)NC(C)=O)NCC(C)C. The summed E-state index contributed by atoms with van der Waals surface area (Å²) >= 11 is 0. The number of carbonyl (C=O) groups excluding carboxylic acids is 1. The van der Waals surface area contributed by atoms with E-state index in [9.17, 15) is 9.18 Å². The largest absolute Gasteiger partial charge is 0.369 e. The summed E-state index contributed by atoms with van der Waals surface area (Å²) in [4.78, 5) is 16.0. The van der Waals surface area contributed by atoms with E-state index in [4.69, 9.17) is 5.41 Å². The molecule has 1 atom stereocenters. The Morgan fingerprint density at radius 3 is 2.62 bits per heavy atom. The molecule has 7 heteroatoms. The molecule has 0 saturated heterocycles. The molecule has 6 nitrogen and oxygen atoms in total. The predicted molar refractivity (Wildman–Crippen MR) is 117 cm³/mol. The summed E-state index contributed by atoms with van der Waals surface area (Å²) in [6.45, 7) is 11.2. The van der Waals surface area contributed by atoms with Crippen LogP contribution >= 0.6 is 0 Å². The van der Waals surface area contributed by atoms with Crippen molar-refractivity contribution in [2.45, 2.75) is 53.5 Å². The number of carbonyl (C=O) groups is 1. The topological polar surface area (TPSA) is 89.9 Å². The Kier molecular flexibility index (Phi) is 8.08. The van der Waals surface area contributed by atoms with Gasteiger partial charge in [-0.3, -0.25) is 10.2 Å². The van der Waals surface area contributed by atoms with E-state index >= 15 is 0 Å². The summed E-state index contributed by atoms with van der Waals surface area (Å²) in [5.41, 5.74) is 1.51. The number of nitrogens with zero attached hydrogens (tertiary/aromatic N) is 1. The van der Waals surface area contributed by atoms with Gasteiger partial charge in [0.25, 0.3) is 0 Å². The second-order valence-corrected chi connectivity index (χ2v) is 7.86. The Balaban J connectivity index is 2.25. The number of benzene rings is 1. The first-order valence-corrected chi connectivity index (χ1v) is 10.2. The molecule has 0 aliphatic carbocycles. The van der Waals surface area contributed by atoms with Gasteiger partial charge >= 0.3 is 0 Å². The normalized spacial score (nSPS) is 12.2. The number of amidine groups is 1. The number of hydrogen-bond acceptors (Lipinski definition) is 5. The molecule has 1 aromatic carbocycles. The maximum Gasteiger partial charge on any atom is 0.222 e. The van der Waals surface area contributed by atoms with Crippen LogP contribution in [0.4, 0.5) is 10.2 Å². The first-order valence-electron chi connectivity index (χ1n) is 10.2. The van der Waals surface area contributed by atoms with Crippen LogP contribution in [0.1, 0.15) is 51.7 Å². The molecule has 0 spiro atoms. The van der Waals surface area contributed by atoms with Gasteiger partial charge in [0.2, 0.25) is 5.91 Å². The summed E-state index contributed by atoms with van der Waals surface area (Å²) in [7, 11) is 0. The van der Waals surface area contributed by atoms with Gasteiger partial charge in [-0.2, -0.15) is 0 Å². The van der Waals surface area contributed by atoms with Crippen molar-refractivity contribution in [2.24, 2.45) is 5.92 Å². The van der Waals surface area contributed by atoms with E-state index in [1.54, 1.807) is 19.1 Å². The fraction of sp³-hybridized carbons (Fsp3) is 0.500. The average molecular weight is 402 g/mol. The molecule has 0 aliphatic heterocycles. The van der Waals surface area contributed by atoms with Gasteiger partial charge in [0.05, 0.1) is 11.1 Å². The summed E-state index contributed by atoms with van der Waals surface area (Å²) in [6, 6.07) is 5.25. The first-order chi connectivity index (χ1) is 13.7. The van der Waals surface area contributed by atoms with Gasteiger partial charge in [-0.05, 0) is 49.9 Å². The van der Waals surface area contributed by atoms with Gasteiger partial charge in [0, 0.05) is 31.0 Å². The molecule has 158 valence electrons. The second kappa shape index (κ2) is 10.3. The summed E-state index contributed by atoms with van der Waals surface area (Å²) in [5, 5.41) is 18.3. The molecule has 1 heterocycles. The van der Waals surface area contributed by atoms with Crippen molar-refractivity contribution in [1.29, 1.82) is 5.41 Å². The third-order valence-corrected chi connectivity index (χ3v) is 4.76. The molecular formula is C22H32FN5O. The van der Waals surface area contributed by atoms with Crippen LogP contribution in [0.5, 0.6) is 0 Å². The van der Waals surface area contributed by atoms with E-state index in [2.05, 4.69) is 41.7 Å². The molecule has 1 amide bonds. The Hall–Kier alpha value is -2.54. The molecule has 0 fully saturated rings. The molecule has 2 aromatic rings. The molecule has 2 rings (SSSR count). The van der Waals surface area contributed by atoms with E-state index in [0.29, 0.717) is 41.0 Å². The minimum Gasteiger partial charge on any atom is -0.369 e. The fourth-order valence-electron chi connectivity index (χ4n) is 3.10. The van der Waals surface area contributed by atoms with E-state index in [-0.39, 0.29) is 17.6 Å². The smallest absolute Gasteiger partial charge is 0.222 e. The molecule has 0 aliphatic rings. The number of nitrogens with one attached hydrogen (secondary N) is 4. The van der Waals surface area contributed by atoms with Crippen molar-refractivity contribution in [3.8, 4) is 0 Å². The highest BCUT2D eigenvalue weighted by atomic mass is 19.1. The molecular weight excluding hydrogens is 369 g/mol. The number of pyridine rings is 1. The van der Waals surface area contributed by atoms with Crippen molar-refractivity contribution in [3.63, 3.8) is 0 Å². The van der Waals surface area contributed by atoms with Crippen molar-refractivity contribution in [1.82, 2.24) is 15.6 Å². The second-order valence-electron chi connectivity index (χ2n) is 7.86.